The summed E-state index contributed by atoms with van der Waals surface area (Å²) in [5.41, 5.74) is 6.81. The van der Waals surface area contributed by atoms with Gasteiger partial charge in [0.25, 0.3) is 0 Å². The van der Waals surface area contributed by atoms with Crippen LogP contribution in [-0.2, 0) is 4.79 Å². The van der Waals surface area contributed by atoms with Gasteiger partial charge >= 0.3 is 0 Å². The minimum Gasteiger partial charge on any atom is -0.353 e. The molecule has 17 heavy (non-hydrogen) atoms. The number of amides is 1. The molecule has 1 aliphatic carbocycles. The fourth-order valence-electron chi connectivity index (χ4n) is 1.54. The van der Waals surface area contributed by atoms with Gasteiger partial charge in [-0.05, 0) is 24.5 Å². The van der Waals surface area contributed by atoms with Crippen molar-refractivity contribution in [3.63, 3.8) is 0 Å². The van der Waals surface area contributed by atoms with Gasteiger partial charge in [0.05, 0.1) is 5.75 Å². The molecule has 0 radical (unpaired) electrons. The van der Waals surface area contributed by atoms with Crippen LogP contribution in [0.5, 0.6) is 0 Å². The molecule has 1 saturated carbocycles. The predicted molar refractivity (Wildman–Crippen MR) is 69.7 cm³/mol. The molecule has 3 N–H and O–H groups in total. The number of carbonyl (C=O) groups excluding carboxylic acids is 1. The van der Waals surface area contributed by atoms with E-state index in [0.717, 1.165) is 18.4 Å². The second-order valence-electron chi connectivity index (χ2n) is 4.16. The van der Waals surface area contributed by atoms with E-state index in [1.807, 2.05) is 18.3 Å². The quantitative estimate of drug-likeness (QED) is 0.794. The maximum Gasteiger partial charge on any atom is 0.230 e. The molecule has 1 aromatic heterocycles. The van der Waals surface area contributed by atoms with Crippen molar-refractivity contribution in [2.75, 3.05) is 12.3 Å². The van der Waals surface area contributed by atoms with Gasteiger partial charge in [-0.15, -0.1) is 11.8 Å². The van der Waals surface area contributed by atoms with Crippen LogP contribution in [0.3, 0.4) is 0 Å². The molecule has 0 aliphatic heterocycles. The van der Waals surface area contributed by atoms with Gasteiger partial charge in [0.1, 0.15) is 0 Å². The number of thioether (sulfide) groups is 1. The van der Waals surface area contributed by atoms with Gasteiger partial charge in [-0.25, -0.2) is 0 Å². The van der Waals surface area contributed by atoms with E-state index in [2.05, 4.69) is 10.3 Å². The fourth-order valence-corrected chi connectivity index (χ4v) is 2.44. The van der Waals surface area contributed by atoms with E-state index < -0.39 is 0 Å². The average Bonchev–Trinajstić information content (AvgIpc) is 3.15. The Morgan fingerprint density at radius 3 is 3.06 bits per heavy atom. The van der Waals surface area contributed by atoms with E-state index in [9.17, 15) is 4.79 Å². The first kappa shape index (κ1) is 12.4. The van der Waals surface area contributed by atoms with Crippen LogP contribution in [0.25, 0.3) is 0 Å². The number of nitrogens with two attached hydrogens (primary N) is 1. The van der Waals surface area contributed by atoms with Crippen LogP contribution in [0.1, 0.15) is 23.7 Å². The van der Waals surface area contributed by atoms with Crippen molar-refractivity contribution in [2.45, 2.75) is 24.1 Å². The lowest BCUT2D eigenvalue weighted by Gasteiger charge is -2.14. The Bertz CT molecular complexity index is 367. The van der Waals surface area contributed by atoms with E-state index in [4.69, 9.17) is 5.73 Å². The third-order valence-corrected chi connectivity index (χ3v) is 3.92. The first-order valence-corrected chi connectivity index (χ1v) is 6.85. The number of aromatic nitrogens is 1. The lowest BCUT2D eigenvalue weighted by molar-refractivity contribution is -0.118. The molecule has 0 aromatic carbocycles. The summed E-state index contributed by atoms with van der Waals surface area (Å²) < 4.78 is 0. The highest BCUT2D eigenvalue weighted by atomic mass is 32.2. The number of nitrogens with one attached hydrogen (secondary N) is 1. The normalized spacial score (nSPS) is 16.5. The van der Waals surface area contributed by atoms with Gasteiger partial charge < -0.3 is 11.1 Å². The molecule has 4 nitrogen and oxygen atoms in total. The van der Waals surface area contributed by atoms with E-state index in [1.165, 1.54) is 0 Å². The molecule has 0 bridgehead atoms. The summed E-state index contributed by atoms with van der Waals surface area (Å²) >= 11 is 1.58. The Kier molecular flexibility index (Phi) is 4.39. The van der Waals surface area contributed by atoms with E-state index >= 15 is 0 Å². The maximum absolute atomic E-state index is 11.6. The van der Waals surface area contributed by atoms with Crippen LogP contribution in [0.15, 0.2) is 24.5 Å². The van der Waals surface area contributed by atoms with E-state index in [0.29, 0.717) is 18.3 Å². The molecule has 0 saturated heterocycles. The van der Waals surface area contributed by atoms with E-state index in [1.54, 1.807) is 18.0 Å². The fraction of sp³-hybridized carbons (Fsp3) is 0.500. The zero-order chi connectivity index (χ0) is 12.1. The minimum atomic E-state index is 0.111. The molecular weight excluding hydrogens is 234 g/mol. The SMILES string of the molecule is NCC(SCC(=O)NC1CC1)c1cccnc1. The van der Waals surface area contributed by atoms with Crippen molar-refractivity contribution in [3.8, 4) is 0 Å². The standard InChI is InChI=1S/C12H17N3OS/c13-6-11(9-2-1-5-14-7-9)17-8-12(16)15-10-3-4-10/h1-2,5,7,10-11H,3-4,6,8,13H2,(H,15,16). The summed E-state index contributed by atoms with van der Waals surface area (Å²) in [5, 5.41) is 3.12. The third-order valence-electron chi connectivity index (χ3n) is 2.63. The topological polar surface area (TPSA) is 68.0 Å². The summed E-state index contributed by atoms with van der Waals surface area (Å²) in [6, 6.07) is 4.32. The van der Waals surface area contributed by atoms with Crippen LogP contribution >= 0.6 is 11.8 Å². The summed E-state index contributed by atoms with van der Waals surface area (Å²) in [6.45, 7) is 0.521. The van der Waals surface area contributed by atoms with Crippen LogP contribution in [-0.4, -0.2) is 29.2 Å². The Balaban J connectivity index is 1.80. The number of pyridine rings is 1. The molecule has 1 heterocycles. The molecule has 2 rings (SSSR count). The lowest BCUT2D eigenvalue weighted by atomic mass is 10.2. The molecule has 92 valence electrons. The molecule has 5 heteroatoms. The smallest absolute Gasteiger partial charge is 0.230 e. The van der Waals surface area contributed by atoms with Gasteiger partial charge in [0.2, 0.25) is 5.91 Å². The number of carbonyl (C=O) groups is 1. The Morgan fingerprint density at radius 1 is 1.65 bits per heavy atom. The largest absolute Gasteiger partial charge is 0.353 e. The summed E-state index contributed by atoms with van der Waals surface area (Å²) in [4.78, 5) is 15.6. The summed E-state index contributed by atoms with van der Waals surface area (Å²) in [5.74, 6) is 0.576. The molecular formula is C12H17N3OS. The molecule has 1 aromatic rings. The molecule has 1 fully saturated rings. The van der Waals surface area contributed by atoms with Crippen molar-refractivity contribution in [1.82, 2.24) is 10.3 Å². The van der Waals surface area contributed by atoms with Crippen LogP contribution < -0.4 is 11.1 Å². The molecule has 1 atom stereocenters. The molecule has 1 amide bonds. The highest BCUT2D eigenvalue weighted by Crippen LogP contribution is 2.27. The average molecular weight is 251 g/mol. The number of nitrogens with zero attached hydrogens (tertiary/aromatic N) is 1. The van der Waals surface area contributed by atoms with Crippen molar-refractivity contribution >= 4 is 17.7 Å². The monoisotopic (exact) mass is 251 g/mol. The maximum atomic E-state index is 11.6. The first-order valence-electron chi connectivity index (χ1n) is 5.80. The van der Waals surface area contributed by atoms with Gasteiger partial charge in [-0.2, -0.15) is 0 Å². The van der Waals surface area contributed by atoms with Crippen molar-refractivity contribution < 1.29 is 4.79 Å². The number of hydrogen-bond acceptors (Lipinski definition) is 4. The number of hydrogen-bond donors (Lipinski definition) is 2. The predicted octanol–water partition coefficient (Wildman–Crippen LogP) is 1.09. The Hall–Kier alpha value is -1.07. The Labute approximate surface area is 105 Å². The summed E-state index contributed by atoms with van der Waals surface area (Å²) in [7, 11) is 0. The van der Waals surface area contributed by atoms with Gasteiger partial charge in [-0.3, -0.25) is 9.78 Å². The van der Waals surface area contributed by atoms with Gasteiger partial charge in [0.15, 0.2) is 0 Å². The zero-order valence-electron chi connectivity index (χ0n) is 9.63. The summed E-state index contributed by atoms with van der Waals surface area (Å²) in [6.07, 6.45) is 5.80. The first-order chi connectivity index (χ1) is 8.29. The van der Waals surface area contributed by atoms with Crippen LogP contribution in [0, 0.1) is 0 Å². The lowest BCUT2D eigenvalue weighted by Crippen LogP contribution is -2.27. The second kappa shape index (κ2) is 6.02. The van der Waals surface area contributed by atoms with Crippen LogP contribution in [0.4, 0.5) is 0 Å². The van der Waals surface area contributed by atoms with Crippen molar-refractivity contribution in [3.05, 3.63) is 30.1 Å². The van der Waals surface area contributed by atoms with Gasteiger partial charge in [-0.1, -0.05) is 6.07 Å². The molecule has 0 spiro atoms. The third kappa shape index (κ3) is 4.02. The molecule has 1 unspecified atom stereocenters. The minimum absolute atomic E-state index is 0.111. The molecule has 1 aliphatic rings. The number of rotatable bonds is 6. The zero-order valence-corrected chi connectivity index (χ0v) is 10.5. The van der Waals surface area contributed by atoms with Crippen molar-refractivity contribution in [1.29, 1.82) is 0 Å². The van der Waals surface area contributed by atoms with Gasteiger partial charge in [0, 0.05) is 30.2 Å². The Morgan fingerprint density at radius 2 is 2.47 bits per heavy atom. The highest BCUT2D eigenvalue weighted by molar-refractivity contribution is 8.00. The van der Waals surface area contributed by atoms with Crippen molar-refractivity contribution in [2.24, 2.45) is 5.73 Å². The van der Waals surface area contributed by atoms with E-state index in [-0.39, 0.29) is 11.2 Å². The van der Waals surface area contributed by atoms with Crippen LogP contribution in [0.2, 0.25) is 0 Å². The second-order valence-corrected chi connectivity index (χ2v) is 5.35. The highest BCUT2D eigenvalue weighted by Gasteiger charge is 2.23.